The number of hydrogen-bond donors (Lipinski definition) is 2. The highest BCUT2D eigenvalue weighted by Gasteiger charge is 1.98. The van der Waals surface area contributed by atoms with Crippen LogP contribution in [0, 0.1) is 11.8 Å². The van der Waals surface area contributed by atoms with E-state index in [1.54, 1.807) is 24.3 Å². The minimum Gasteiger partial charge on any atom is -0.482 e. The van der Waals surface area contributed by atoms with Crippen molar-refractivity contribution in [2.45, 2.75) is 0 Å². The minimum absolute atomic E-state index is 0.183. The van der Waals surface area contributed by atoms with Gasteiger partial charge in [-0.3, -0.25) is 0 Å². The molecule has 0 heterocycles. The van der Waals surface area contributed by atoms with Gasteiger partial charge in [-0.2, -0.15) is 0 Å². The second kappa shape index (κ2) is 5.68. The first-order chi connectivity index (χ1) is 7.22. The van der Waals surface area contributed by atoms with E-state index < -0.39 is 5.97 Å². The summed E-state index contributed by atoms with van der Waals surface area (Å²) in [6.07, 6.45) is 0. The summed E-state index contributed by atoms with van der Waals surface area (Å²) in [5.74, 6) is 4.68. The molecule has 1 rings (SSSR count). The number of rotatable bonds is 3. The standard InChI is InChI=1S/C11H10O4/c12-7-1-2-9-3-5-10(6-4-9)15-8-11(13)14/h3-6,12H,7-8H2,(H,13,14). The first kappa shape index (κ1) is 11.1. The number of hydrogen-bond acceptors (Lipinski definition) is 3. The van der Waals surface area contributed by atoms with E-state index in [4.69, 9.17) is 14.9 Å². The zero-order valence-corrected chi connectivity index (χ0v) is 7.93. The van der Waals surface area contributed by atoms with Gasteiger partial charge in [0.25, 0.3) is 0 Å². The third-order valence-electron chi connectivity index (χ3n) is 1.53. The van der Waals surface area contributed by atoms with E-state index in [1.807, 2.05) is 0 Å². The van der Waals surface area contributed by atoms with Crippen molar-refractivity contribution in [2.75, 3.05) is 13.2 Å². The smallest absolute Gasteiger partial charge is 0.341 e. The van der Waals surface area contributed by atoms with Crippen molar-refractivity contribution < 1.29 is 19.7 Å². The summed E-state index contributed by atoms with van der Waals surface area (Å²) in [6.45, 7) is -0.543. The Hall–Kier alpha value is -1.99. The van der Waals surface area contributed by atoms with E-state index in [0.717, 1.165) is 5.56 Å². The molecule has 0 aliphatic carbocycles. The molecule has 0 aromatic heterocycles. The molecule has 0 radical (unpaired) electrons. The van der Waals surface area contributed by atoms with Crippen molar-refractivity contribution in [3.05, 3.63) is 29.8 Å². The average Bonchev–Trinajstić information content (AvgIpc) is 2.25. The Morgan fingerprint density at radius 2 is 2.00 bits per heavy atom. The lowest BCUT2D eigenvalue weighted by molar-refractivity contribution is -0.139. The highest BCUT2D eigenvalue weighted by Crippen LogP contribution is 2.11. The van der Waals surface area contributed by atoms with Crippen LogP contribution in [0.3, 0.4) is 0 Å². The highest BCUT2D eigenvalue weighted by atomic mass is 16.5. The Kier molecular flexibility index (Phi) is 4.20. The molecule has 0 saturated carbocycles. The SMILES string of the molecule is O=C(O)COc1ccc(C#CCO)cc1. The highest BCUT2D eigenvalue weighted by molar-refractivity contribution is 5.68. The number of aliphatic hydroxyl groups excluding tert-OH is 1. The summed E-state index contributed by atoms with van der Waals surface area (Å²) in [7, 11) is 0. The quantitative estimate of drug-likeness (QED) is 0.706. The van der Waals surface area contributed by atoms with Crippen molar-refractivity contribution in [2.24, 2.45) is 0 Å². The summed E-state index contributed by atoms with van der Waals surface area (Å²) >= 11 is 0. The van der Waals surface area contributed by atoms with Crippen LogP contribution in [0.25, 0.3) is 0 Å². The largest absolute Gasteiger partial charge is 0.482 e. The van der Waals surface area contributed by atoms with Crippen LogP contribution in [-0.2, 0) is 4.79 Å². The molecule has 0 aliphatic rings. The number of carbonyl (C=O) groups is 1. The van der Waals surface area contributed by atoms with Gasteiger partial charge < -0.3 is 14.9 Å². The van der Waals surface area contributed by atoms with Gasteiger partial charge in [-0.15, -0.1) is 0 Å². The van der Waals surface area contributed by atoms with Gasteiger partial charge in [-0.25, -0.2) is 4.79 Å². The lowest BCUT2D eigenvalue weighted by atomic mass is 10.2. The molecule has 4 nitrogen and oxygen atoms in total. The van der Waals surface area contributed by atoms with E-state index in [9.17, 15) is 4.79 Å². The Balaban J connectivity index is 2.60. The summed E-state index contributed by atoms with van der Waals surface area (Å²) < 4.78 is 4.93. The lowest BCUT2D eigenvalue weighted by Crippen LogP contribution is -2.09. The second-order valence-corrected chi connectivity index (χ2v) is 2.67. The zero-order chi connectivity index (χ0) is 11.1. The molecule has 4 heteroatoms. The molecule has 0 fully saturated rings. The van der Waals surface area contributed by atoms with Crippen LogP contribution >= 0.6 is 0 Å². The molecular weight excluding hydrogens is 196 g/mol. The molecule has 1 aromatic rings. The van der Waals surface area contributed by atoms with Gasteiger partial charge in [0, 0.05) is 5.56 Å². The normalized spacial score (nSPS) is 8.87. The van der Waals surface area contributed by atoms with Crippen molar-refractivity contribution in [3.8, 4) is 17.6 Å². The average molecular weight is 206 g/mol. The maximum atomic E-state index is 10.2. The first-order valence-electron chi connectivity index (χ1n) is 4.27. The molecule has 0 atom stereocenters. The van der Waals surface area contributed by atoms with Crippen LogP contribution in [0.4, 0.5) is 0 Å². The van der Waals surface area contributed by atoms with Gasteiger partial charge >= 0.3 is 5.97 Å². The summed E-state index contributed by atoms with van der Waals surface area (Å²) in [6, 6.07) is 6.65. The fourth-order valence-electron chi connectivity index (χ4n) is 0.921. The molecule has 78 valence electrons. The van der Waals surface area contributed by atoms with Crippen LogP contribution in [0.1, 0.15) is 5.56 Å². The third-order valence-corrected chi connectivity index (χ3v) is 1.53. The fraction of sp³-hybridized carbons (Fsp3) is 0.182. The predicted octanol–water partition coefficient (Wildman–Crippen LogP) is 0.494. The van der Waals surface area contributed by atoms with E-state index in [1.165, 1.54) is 0 Å². The number of carboxylic acids is 1. The molecule has 15 heavy (non-hydrogen) atoms. The molecule has 2 N–H and O–H groups in total. The molecule has 0 saturated heterocycles. The number of benzene rings is 1. The maximum Gasteiger partial charge on any atom is 0.341 e. The molecular formula is C11H10O4. The van der Waals surface area contributed by atoms with Crippen LogP contribution in [-0.4, -0.2) is 29.4 Å². The summed E-state index contributed by atoms with van der Waals surface area (Å²) in [4.78, 5) is 10.2. The minimum atomic E-state index is -1.01. The molecule has 0 aliphatic heterocycles. The topological polar surface area (TPSA) is 66.8 Å². The zero-order valence-electron chi connectivity index (χ0n) is 7.93. The van der Waals surface area contributed by atoms with Crippen LogP contribution in [0.5, 0.6) is 5.75 Å². The maximum absolute atomic E-state index is 10.2. The van der Waals surface area contributed by atoms with Crippen LogP contribution in [0.2, 0.25) is 0 Å². The number of carboxylic acid groups (broad SMARTS) is 1. The summed E-state index contributed by atoms with van der Waals surface area (Å²) in [5, 5.41) is 16.8. The van der Waals surface area contributed by atoms with E-state index >= 15 is 0 Å². The van der Waals surface area contributed by atoms with Gasteiger partial charge in [-0.1, -0.05) is 11.8 Å². The van der Waals surface area contributed by atoms with Crippen molar-refractivity contribution >= 4 is 5.97 Å². The first-order valence-corrected chi connectivity index (χ1v) is 4.27. The van der Waals surface area contributed by atoms with Gasteiger partial charge in [0.15, 0.2) is 6.61 Å². The monoisotopic (exact) mass is 206 g/mol. The van der Waals surface area contributed by atoms with Gasteiger partial charge in [-0.05, 0) is 24.3 Å². The molecule has 1 aromatic carbocycles. The van der Waals surface area contributed by atoms with Gasteiger partial charge in [0.2, 0.25) is 0 Å². The number of ether oxygens (including phenoxy) is 1. The van der Waals surface area contributed by atoms with E-state index in [2.05, 4.69) is 11.8 Å². The predicted molar refractivity (Wildman–Crippen MR) is 53.5 cm³/mol. The molecule has 0 unspecified atom stereocenters. The van der Waals surface area contributed by atoms with Crippen molar-refractivity contribution in [3.63, 3.8) is 0 Å². The van der Waals surface area contributed by atoms with Gasteiger partial charge in [0.1, 0.15) is 12.4 Å². The number of aliphatic hydroxyl groups is 1. The number of aliphatic carboxylic acids is 1. The Labute approximate surface area is 87.1 Å². The summed E-state index contributed by atoms with van der Waals surface area (Å²) in [5.41, 5.74) is 0.742. The van der Waals surface area contributed by atoms with Crippen LogP contribution < -0.4 is 4.74 Å². The second-order valence-electron chi connectivity index (χ2n) is 2.67. The van der Waals surface area contributed by atoms with Crippen molar-refractivity contribution in [1.82, 2.24) is 0 Å². The van der Waals surface area contributed by atoms with Crippen molar-refractivity contribution in [1.29, 1.82) is 0 Å². The Morgan fingerprint density at radius 1 is 1.33 bits per heavy atom. The Morgan fingerprint density at radius 3 is 2.53 bits per heavy atom. The Bertz CT molecular complexity index is 383. The fourth-order valence-corrected chi connectivity index (χ4v) is 0.921. The van der Waals surface area contributed by atoms with Crippen LogP contribution in [0.15, 0.2) is 24.3 Å². The molecule has 0 spiro atoms. The lowest BCUT2D eigenvalue weighted by Gasteiger charge is -2.01. The van der Waals surface area contributed by atoms with Gasteiger partial charge in [0.05, 0.1) is 0 Å². The third kappa shape index (κ3) is 4.16. The molecule has 0 bridgehead atoms. The van der Waals surface area contributed by atoms with E-state index in [0.29, 0.717) is 5.75 Å². The van der Waals surface area contributed by atoms with E-state index in [-0.39, 0.29) is 13.2 Å². The molecule has 0 amide bonds.